The Morgan fingerprint density at radius 2 is 1.57 bits per heavy atom. The molecule has 0 radical (unpaired) electrons. The molecule has 0 saturated carbocycles. The third-order valence-corrected chi connectivity index (χ3v) is 5.47. The third kappa shape index (κ3) is 5.46. The van der Waals surface area contributed by atoms with Crippen LogP contribution >= 0.6 is 11.6 Å². The number of rotatable bonds is 7. The number of halogens is 1. The summed E-state index contributed by atoms with van der Waals surface area (Å²) in [6, 6.07) is 23.1. The van der Waals surface area contributed by atoms with Crippen molar-refractivity contribution in [3.63, 3.8) is 0 Å². The fourth-order valence-electron chi connectivity index (χ4n) is 3.33. The first-order valence-corrected chi connectivity index (χ1v) is 10.8. The normalized spacial score (nSPS) is 10.3. The van der Waals surface area contributed by atoms with Crippen LogP contribution in [0.25, 0.3) is 0 Å². The Hall–Kier alpha value is -4.67. The molecule has 1 heterocycles. The number of anilines is 2. The van der Waals surface area contributed by atoms with E-state index in [4.69, 9.17) is 21.6 Å². The third-order valence-electron chi connectivity index (χ3n) is 5.22. The summed E-state index contributed by atoms with van der Waals surface area (Å²) >= 11 is 5.95. The van der Waals surface area contributed by atoms with E-state index in [9.17, 15) is 14.7 Å². The lowest BCUT2D eigenvalue weighted by atomic mass is 10.0. The molecule has 0 aliphatic carbocycles. The molecule has 8 heteroatoms. The monoisotopic (exact) mass is 483 g/mol. The van der Waals surface area contributed by atoms with Crippen molar-refractivity contribution in [1.82, 2.24) is 4.98 Å². The van der Waals surface area contributed by atoms with Crippen molar-refractivity contribution in [2.24, 2.45) is 0 Å². The van der Waals surface area contributed by atoms with Crippen LogP contribution in [0.2, 0.25) is 5.02 Å². The molecule has 0 unspecified atom stereocenters. The van der Waals surface area contributed by atoms with Crippen molar-refractivity contribution in [3.8, 4) is 17.6 Å². The predicted molar refractivity (Wildman–Crippen MR) is 132 cm³/mol. The van der Waals surface area contributed by atoms with Gasteiger partial charge >= 0.3 is 5.97 Å². The average Bonchev–Trinajstić information content (AvgIpc) is 2.88. The summed E-state index contributed by atoms with van der Waals surface area (Å²) < 4.78 is 5.74. The molecule has 0 bridgehead atoms. The number of carbonyl (C=O) groups is 2. The highest BCUT2D eigenvalue weighted by Crippen LogP contribution is 2.27. The minimum atomic E-state index is -1.20. The highest BCUT2D eigenvalue weighted by Gasteiger charge is 2.17. The van der Waals surface area contributed by atoms with Crippen molar-refractivity contribution < 1.29 is 19.4 Å². The van der Waals surface area contributed by atoms with Crippen LogP contribution in [0, 0.1) is 11.3 Å². The molecule has 0 aliphatic heterocycles. The molecule has 35 heavy (non-hydrogen) atoms. The van der Waals surface area contributed by atoms with Crippen LogP contribution in [-0.4, -0.2) is 28.9 Å². The smallest absolute Gasteiger partial charge is 0.335 e. The Morgan fingerprint density at radius 3 is 2.17 bits per heavy atom. The lowest BCUT2D eigenvalue weighted by Crippen LogP contribution is -2.11. The van der Waals surface area contributed by atoms with Gasteiger partial charge in [-0.2, -0.15) is 5.26 Å². The Bertz CT molecular complexity index is 1430. The number of carboxylic acids is 1. The number of ketones is 1. The quantitative estimate of drug-likeness (QED) is 0.317. The van der Waals surface area contributed by atoms with Gasteiger partial charge in [0.2, 0.25) is 5.78 Å². The number of ether oxygens (including phenoxy) is 1. The Balaban J connectivity index is 1.59. The molecule has 4 rings (SSSR count). The van der Waals surface area contributed by atoms with Gasteiger partial charge in [0, 0.05) is 23.3 Å². The molecule has 1 N–H and O–H groups in total. The van der Waals surface area contributed by atoms with Gasteiger partial charge in [-0.25, -0.2) is 4.79 Å². The van der Waals surface area contributed by atoms with E-state index in [-0.39, 0.29) is 22.6 Å². The highest BCUT2D eigenvalue weighted by atomic mass is 35.5. The minimum absolute atomic E-state index is 0.0985. The Labute approximate surface area is 206 Å². The zero-order valence-electron chi connectivity index (χ0n) is 18.5. The van der Waals surface area contributed by atoms with Crippen molar-refractivity contribution in [2.75, 3.05) is 11.9 Å². The van der Waals surface area contributed by atoms with Crippen LogP contribution in [0.15, 0.2) is 85.1 Å². The summed E-state index contributed by atoms with van der Waals surface area (Å²) in [5.41, 5.74) is 2.30. The van der Waals surface area contributed by atoms with E-state index >= 15 is 0 Å². The first-order chi connectivity index (χ1) is 16.8. The Kier molecular flexibility index (Phi) is 6.76. The average molecular weight is 484 g/mol. The summed E-state index contributed by atoms with van der Waals surface area (Å²) in [6.07, 6.45) is 1.57. The highest BCUT2D eigenvalue weighted by molar-refractivity contribution is 6.30. The fraction of sp³-hybridized carbons (Fsp3) is 0.0370. The second-order valence-electron chi connectivity index (χ2n) is 7.56. The van der Waals surface area contributed by atoms with Crippen LogP contribution in [0.1, 0.15) is 32.0 Å². The van der Waals surface area contributed by atoms with Crippen LogP contribution in [0.4, 0.5) is 11.4 Å². The van der Waals surface area contributed by atoms with E-state index in [0.29, 0.717) is 16.3 Å². The molecule has 0 amide bonds. The second kappa shape index (κ2) is 10.1. The standard InChI is InChI=1S/C27H18ClN3O4/c1-31(21-6-4-20(28)5-7-21)22-8-11-25(30-16-22)26(32)18-12-19(27(33)34)14-24(13-18)35-23-9-2-17(15-29)3-10-23/h2-14,16H,1H3,(H,33,34). The van der Waals surface area contributed by atoms with Gasteiger partial charge in [0.25, 0.3) is 0 Å². The summed E-state index contributed by atoms with van der Waals surface area (Å²) in [4.78, 5) is 31.0. The largest absolute Gasteiger partial charge is 0.478 e. The summed E-state index contributed by atoms with van der Waals surface area (Å²) in [5, 5.41) is 19.1. The topological polar surface area (TPSA) is 104 Å². The maximum atomic E-state index is 13.1. The number of carbonyl (C=O) groups excluding carboxylic acids is 1. The number of hydrogen-bond acceptors (Lipinski definition) is 6. The molecule has 4 aromatic rings. The van der Waals surface area contributed by atoms with Crippen LogP contribution < -0.4 is 9.64 Å². The lowest BCUT2D eigenvalue weighted by molar-refractivity contribution is 0.0696. The van der Waals surface area contributed by atoms with E-state index < -0.39 is 11.8 Å². The molecule has 7 nitrogen and oxygen atoms in total. The molecule has 3 aromatic carbocycles. The molecular formula is C27H18ClN3O4. The van der Waals surface area contributed by atoms with Crippen molar-refractivity contribution in [3.05, 3.63) is 112 Å². The number of carboxylic acid groups (broad SMARTS) is 1. The number of benzene rings is 3. The van der Waals surface area contributed by atoms with E-state index in [0.717, 1.165) is 11.4 Å². The second-order valence-corrected chi connectivity index (χ2v) is 7.99. The summed E-state index contributed by atoms with van der Waals surface area (Å²) in [7, 11) is 1.87. The van der Waals surface area contributed by atoms with Crippen LogP contribution in [-0.2, 0) is 0 Å². The van der Waals surface area contributed by atoms with Crippen molar-refractivity contribution in [2.45, 2.75) is 0 Å². The summed E-state index contributed by atoms with van der Waals surface area (Å²) in [6.45, 7) is 0. The van der Waals surface area contributed by atoms with E-state index in [1.54, 1.807) is 54.7 Å². The maximum Gasteiger partial charge on any atom is 0.335 e. The van der Waals surface area contributed by atoms with Gasteiger partial charge < -0.3 is 14.7 Å². The van der Waals surface area contributed by atoms with Gasteiger partial charge in [-0.1, -0.05) is 11.6 Å². The first-order valence-electron chi connectivity index (χ1n) is 10.4. The summed E-state index contributed by atoms with van der Waals surface area (Å²) in [5.74, 6) is -1.06. The van der Waals surface area contributed by atoms with E-state index in [2.05, 4.69) is 4.98 Å². The number of nitriles is 1. The lowest BCUT2D eigenvalue weighted by Gasteiger charge is -2.19. The number of pyridine rings is 1. The maximum absolute atomic E-state index is 13.1. The van der Waals surface area contributed by atoms with E-state index in [1.807, 2.05) is 30.1 Å². The van der Waals surface area contributed by atoms with Crippen LogP contribution in [0.3, 0.4) is 0 Å². The zero-order valence-corrected chi connectivity index (χ0v) is 19.2. The van der Waals surface area contributed by atoms with Gasteiger partial charge in [0.05, 0.1) is 29.1 Å². The van der Waals surface area contributed by atoms with Gasteiger partial charge in [-0.15, -0.1) is 0 Å². The molecule has 0 aliphatic rings. The molecule has 172 valence electrons. The van der Waals surface area contributed by atoms with Gasteiger partial charge in [-0.05, 0) is 78.9 Å². The SMILES string of the molecule is CN(c1ccc(Cl)cc1)c1ccc(C(=O)c2cc(Oc3ccc(C#N)cc3)cc(C(=O)O)c2)nc1. The van der Waals surface area contributed by atoms with Gasteiger partial charge in [0.15, 0.2) is 0 Å². The molecular weight excluding hydrogens is 466 g/mol. The van der Waals surface area contributed by atoms with Crippen LogP contribution in [0.5, 0.6) is 11.5 Å². The predicted octanol–water partition coefficient (Wildman–Crippen LogP) is 6.10. The Morgan fingerprint density at radius 1 is 0.914 bits per heavy atom. The molecule has 0 fully saturated rings. The van der Waals surface area contributed by atoms with Gasteiger partial charge in [-0.3, -0.25) is 9.78 Å². The zero-order chi connectivity index (χ0) is 24.9. The fourth-order valence-corrected chi connectivity index (χ4v) is 3.45. The van der Waals surface area contributed by atoms with Gasteiger partial charge in [0.1, 0.15) is 17.2 Å². The minimum Gasteiger partial charge on any atom is -0.478 e. The molecule has 0 atom stereocenters. The number of aromatic carboxylic acids is 1. The number of aromatic nitrogens is 1. The first kappa shape index (κ1) is 23.5. The molecule has 1 aromatic heterocycles. The molecule has 0 saturated heterocycles. The van der Waals surface area contributed by atoms with E-state index in [1.165, 1.54) is 18.2 Å². The van der Waals surface area contributed by atoms with Crippen molar-refractivity contribution >= 4 is 34.7 Å². The number of hydrogen-bond donors (Lipinski definition) is 1. The number of nitrogens with zero attached hydrogens (tertiary/aromatic N) is 3. The van der Waals surface area contributed by atoms with Crippen molar-refractivity contribution in [1.29, 1.82) is 5.26 Å². The molecule has 0 spiro atoms.